The predicted molar refractivity (Wildman–Crippen MR) is 61.2 cm³/mol. The van der Waals surface area contributed by atoms with Crippen LogP contribution in [-0.4, -0.2) is 16.1 Å². The lowest BCUT2D eigenvalue weighted by Gasteiger charge is -2.03. The number of aromatic amines is 1. The van der Waals surface area contributed by atoms with Crippen LogP contribution in [0.4, 0.5) is 0 Å². The van der Waals surface area contributed by atoms with Crippen molar-refractivity contribution < 1.29 is 4.79 Å². The maximum Gasteiger partial charge on any atom is 0.254 e. The van der Waals surface area contributed by atoms with E-state index < -0.39 is 0 Å². The number of benzene rings is 1. The van der Waals surface area contributed by atoms with Crippen LogP contribution < -0.4 is 5.32 Å². The smallest absolute Gasteiger partial charge is 0.254 e. The molecule has 0 saturated heterocycles. The summed E-state index contributed by atoms with van der Waals surface area (Å²) < 4.78 is 0. The molecule has 82 valence electrons. The van der Waals surface area contributed by atoms with Crippen LogP contribution in [0.15, 0.2) is 36.7 Å². The van der Waals surface area contributed by atoms with Gasteiger partial charge in [-0.3, -0.25) is 9.89 Å². The van der Waals surface area contributed by atoms with Crippen molar-refractivity contribution in [1.29, 1.82) is 0 Å². The van der Waals surface area contributed by atoms with E-state index in [9.17, 15) is 4.79 Å². The van der Waals surface area contributed by atoms with Crippen LogP contribution >= 0.6 is 11.6 Å². The van der Waals surface area contributed by atoms with Crippen LogP contribution in [-0.2, 0) is 6.54 Å². The van der Waals surface area contributed by atoms with Gasteiger partial charge in [-0.2, -0.15) is 5.10 Å². The minimum atomic E-state index is -0.149. The summed E-state index contributed by atoms with van der Waals surface area (Å²) in [6.45, 7) is 0.473. The number of carbonyl (C=O) groups is 1. The van der Waals surface area contributed by atoms with Crippen molar-refractivity contribution in [2.24, 2.45) is 0 Å². The summed E-state index contributed by atoms with van der Waals surface area (Å²) in [5, 5.41) is 9.76. The highest BCUT2D eigenvalue weighted by Gasteiger charge is 2.05. The SMILES string of the molecule is O=C(NCc1ccc(Cl)cc1)c1cn[nH]c1. The second kappa shape index (κ2) is 4.81. The Morgan fingerprint density at radius 1 is 1.38 bits per heavy atom. The number of amides is 1. The highest BCUT2D eigenvalue weighted by atomic mass is 35.5. The zero-order valence-electron chi connectivity index (χ0n) is 8.40. The molecular weight excluding hydrogens is 226 g/mol. The highest BCUT2D eigenvalue weighted by Crippen LogP contribution is 2.09. The van der Waals surface area contributed by atoms with Gasteiger partial charge in [0.2, 0.25) is 0 Å². The van der Waals surface area contributed by atoms with Crippen molar-refractivity contribution >= 4 is 17.5 Å². The fraction of sp³-hybridized carbons (Fsp3) is 0.0909. The van der Waals surface area contributed by atoms with Crippen LogP contribution in [0.25, 0.3) is 0 Å². The van der Waals surface area contributed by atoms with Crippen molar-refractivity contribution in [2.75, 3.05) is 0 Å². The topological polar surface area (TPSA) is 57.8 Å². The van der Waals surface area contributed by atoms with Crippen LogP contribution in [0, 0.1) is 0 Å². The number of hydrogen-bond donors (Lipinski definition) is 2. The number of halogens is 1. The zero-order valence-corrected chi connectivity index (χ0v) is 9.16. The fourth-order valence-electron chi connectivity index (χ4n) is 1.26. The molecule has 0 aliphatic heterocycles. The molecule has 0 aliphatic rings. The molecule has 0 saturated carbocycles. The molecule has 0 spiro atoms. The number of rotatable bonds is 3. The first-order valence-corrected chi connectivity index (χ1v) is 5.15. The van der Waals surface area contributed by atoms with E-state index in [1.165, 1.54) is 6.20 Å². The summed E-state index contributed by atoms with van der Waals surface area (Å²) in [7, 11) is 0. The summed E-state index contributed by atoms with van der Waals surface area (Å²) in [4.78, 5) is 11.5. The van der Waals surface area contributed by atoms with Gasteiger partial charge in [0.05, 0.1) is 11.8 Å². The molecule has 2 N–H and O–H groups in total. The first-order chi connectivity index (χ1) is 7.75. The van der Waals surface area contributed by atoms with Gasteiger partial charge in [0.15, 0.2) is 0 Å². The molecule has 0 fully saturated rings. The number of hydrogen-bond acceptors (Lipinski definition) is 2. The first kappa shape index (κ1) is 10.7. The third-order valence-electron chi connectivity index (χ3n) is 2.13. The molecule has 1 amide bonds. The molecule has 0 aliphatic carbocycles. The summed E-state index contributed by atoms with van der Waals surface area (Å²) >= 11 is 5.76. The molecule has 1 aromatic carbocycles. The Morgan fingerprint density at radius 2 is 2.12 bits per heavy atom. The van der Waals surface area contributed by atoms with E-state index >= 15 is 0 Å². The zero-order chi connectivity index (χ0) is 11.4. The summed E-state index contributed by atoms with van der Waals surface area (Å²) in [5.74, 6) is -0.149. The molecule has 0 atom stereocenters. The fourth-order valence-corrected chi connectivity index (χ4v) is 1.39. The lowest BCUT2D eigenvalue weighted by molar-refractivity contribution is 0.0951. The summed E-state index contributed by atoms with van der Waals surface area (Å²) in [5.41, 5.74) is 1.52. The van der Waals surface area contributed by atoms with Gasteiger partial charge in [-0.15, -0.1) is 0 Å². The lowest BCUT2D eigenvalue weighted by atomic mass is 10.2. The molecule has 4 nitrogen and oxygen atoms in total. The minimum Gasteiger partial charge on any atom is -0.348 e. The van der Waals surface area contributed by atoms with Gasteiger partial charge in [0.1, 0.15) is 0 Å². The minimum absolute atomic E-state index is 0.149. The Labute approximate surface area is 97.6 Å². The standard InChI is InChI=1S/C11H10ClN3O/c12-10-3-1-8(2-4-10)5-13-11(16)9-6-14-15-7-9/h1-4,6-7H,5H2,(H,13,16)(H,14,15). The van der Waals surface area contributed by atoms with Crippen molar-refractivity contribution in [3.05, 3.63) is 52.8 Å². The second-order valence-electron chi connectivity index (χ2n) is 3.30. The van der Waals surface area contributed by atoms with Gasteiger partial charge in [0.25, 0.3) is 5.91 Å². The number of carbonyl (C=O) groups excluding carboxylic acids is 1. The normalized spacial score (nSPS) is 10.1. The second-order valence-corrected chi connectivity index (χ2v) is 3.73. The predicted octanol–water partition coefficient (Wildman–Crippen LogP) is 1.99. The number of nitrogens with one attached hydrogen (secondary N) is 2. The quantitative estimate of drug-likeness (QED) is 0.855. The van der Waals surface area contributed by atoms with E-state index in [0.29, 0.717) is 17.1 Å². The van der Waals surface area contributed by atoms with Gasteiger partial charge in [-0.25, -0.2) is 0 Å². The van der Waals surface area contributed by atoms with Crippen LogP contribution in [0.5, 0.6) is 0 Å². The first-order valence-electron chi connectivity index (χ1n) is 4.77. The Bertz CT molecular complexity index is 464. The molecular formula is C11H10ClN3O. The van der Waals surface area contributed by atoms with Crippen LogP contribution in [0.1, 0.15) is 15.9 Å². The largest absolute Gasteiger partial charge is 0.348 e. The van der Waals surface area contributed by atoms with Crippen LogP contribution in [0.2, 0.25) is 5.02 Å². The average Bonchev–Trinajstić information content (AvgIpc) is 2.81. The van der Waals surface area contributed by atoms with E-state index in [0.717, 1.165) is 5.56 Å². The number of aromatic nitrogens is 2. The molecule has 16 heavy (non-hydrogen) atoms. The maximum absolute atomic E-state index is 11.5. The van der Waals surface area contributed by atoms with Gasteiger partial charge in [-0.05, 0) is 17.7 Å². The van der Waals surface area contributed by atoms with E-state index in [1.54, 1.807) is 18.3 Å². The third kappa shape index (κ3) is 2.61. The van der Waals surface area contributed by atoms with Crippen molar-refractivity contribution in [1.82, 2.24) is 15.5 Å². The van der Waals surface area contributed by atoms with Gasteiger partial charge in [0, 0.05) is 17.8 Å². The molecule has 0 radical (unpaired) electrons. The van der Waals surface area contributed by atoms with Crippen molar-refractivity contribution in [3.8, 4) is 0 Å². The van der Waals surface area contributed by atoms with E-state index in [4.69, 9.17) is 11.6 Å². The molecule has 2 rings (SSSR count). The summed E-state index contributed by atoms with van der Waals surface area (Å²) in [6.07, 6.45) is 3.04. The number of nitrogens with zero attached hydrogens (tertiary/aromatic N) is 1. The Hall–Kier alpha value is -1.81. The Kier molecular flexibility index (Phi) is 3.22. The van der Waals surface area contributed by atoms with Gasteiger partial charge >= 0.3 is 0 Å². The van der Waals surface area contributed by atoms with Gasteiger partial charge in [-0.1, -0.05) is 23.7 Å². The van der Waals surface area contributed by atoms with Crippen LogP contribution in [0.3, 0.4) is 0 Å². The lowest BCUT2D eigenvalue weighted by Crippen LogP contribution is -2.22. The molecule has 2 aromatic rings. The molecule has 1 aromatic heterocycles. The maximum atomic E-state index is 11.5. The monoisotopic (exact) mass is 235 g/mol. The average molecular weight is 236 g/mol. The Morgan fingerprint density at radius 3 is 2.75 bits per heavy atom. The third-order valence-corrected chi connectivity index (χ3v) is 2.38. The van der Waals surface area contributed by atoms with Crippen molar-refractivity contribution in [3.63, 3.8) is 0 Å². The molecule has 0 unspecified atom stereocenters. The summed E-state index contributed by atoms with van der Waals surface area (Å²) in [6, 6.07) is 7.33. The van der Waals surface area contributed by atoms with E-state index in [-0.39, 0.29) is 5.91 Å². The molecule has 5 heteroatoms. The van der Waals surface area contributed by atoms with Gasteiger partial charge < -0.3 is 5.32 Å². The molecule has 1 heterocycles. The van der Waals surface area contributed by atoms with E-state index in [1.807, 2.05) is 12.1 Å². The van der Waals surface area contributed by atoms with E-state index in [2.05, 4.69) is 15.5 Å². The Balaban J connectivity index is 1.93. The highest BCUT2D eigenvalue weighted by molar-refractivity contribution is 6.30. The number of H-pyrrole nitrogens is 1. The van der Waals surface area contributed by atoms with Crippen molar-refractivity contribution in [2.45, 2.75) is 6.54 Å². The molecule has 0 bridgehead atoms.